The highest BCUT2D eigenvalue weighted by Gasteiger charge is 1.99. The largest absolute Gasteiger partial charge is 0.492 e. The van der Waals surface area contributed by atoms with Crippen LogP contribution in [0, 0.1) is 0 Å². The number of fused-ring (bicyclic) bond motifs is 1. The SMILES string of the molecule is NCCCCCCCCNCCOc1ccc2cc(Br)ccc2c1. The lowest BCUT2D eigenvalue weighted by Gasteiger charge is -2.09. The molecule has 0 fully saturated rings. The molecule has 0 heterocycles. The molecule has 2 aromatic rings. The molecule has 24 heavy (non-hydrogen) atoms. The Morgan fingerprint density at radius 1 is 0.833 bits per heavy atom. The third-order valence-electron chi connectivity index (χ3n) is 4.13. The van der Waals surface area contributed by atoms with E-state index >= 15 is 0 Å². The summed E-state index contributed by atoms with van der Waals surface area (Å²) in [5.41, 5.74) is 5.49. The first-order valence-corrected chi connectivity index (χ1v) is 9.82. The molecule has 0 aliphatic rings. The van der Waals surface area contributed by atoms with E-state index in [4.69, 9.17) is 10.5 Å². The number of hydrogen-bond donors (Lipinski definition) is 2. The summed E-state index contributed by atoms with van der Waals surface area (Å²) in [5, 5.41) is 5.88. The average Bonchev–Trinajstić information content (AvgIpc) is 2.59. The first kappa shape index (κ1) is 19.2. The Balaban J connectivity index is 1.54. The van der Waals surface area contributed by atoms with Gasteiger partial charge in [0.2, 0.25) is 0 Å². The quantitative estimate of drug-likeness (QED) is 0.506. The van der Waals surface area contributed by atoms with Crippen molar-refractivity contribution in [1.29, 1.82) is 0 Å². The Morgan fingerprint density at radius 2 is 1.54 bits per heavy atom. The van der Waals surface area contributed by atoms with Crippen LogP contribution in [0.15, 0.2) is 40.9 Å². The van der Waals surface area contributed by atoms with Crippen LogP contribution < -0.4 is 15.8 Å². The van der Waals surface area contributed by atoms with Crippen LogP contribution in [0.3, 0.4) is 0 Å². The standard InChI is InChI=1S/C20H29BrN2O/c21-19-9-7-18-16-20(10-8-17(18)15-19)24-14-13-23-12-6-4-2-1-3-5-11-22/h7-10,15-16,23H,1-6,11-14,22H2. The van der Waals surface area contributed by atoms with Gasteiger partial charge >= 0.3 is 0 Å². The Morgan fingerprint density at radius 3 is 2.38 bits per heavy atom. The van der Waals surface area contributed by atoms with Gasteiger partial charge in [-0.3, -0.25) is 0 Å². The Labute approximate surface area is 154 Å². The monoisotopic (exact) mass is 392 g/mol. The smallest absolute Gasteiger partial charge is 0.120 e. The molecule has 3 N–H and O–H groups in total. The molecule has 0 aliphatic carbocycles. The van der Waals surface area contributed by atoms with Gasteiger partial charge in [-0.05, 0) is 61.0 Å². The minimum atomic E-state index is 0.707. The number of nitrogens with one attached hydrogen (secondary N) is 1. The van der Waals surface area contributed by atoms with E-state index in [9.17, 15) is 0 Å². The number of ether oxygens (including phenoxy) is 1. The molecule has 132 valence electrons. The van der Waals surface area contributed by atoms with Gasteiger partial charge in [-0.15, -0.1) is 0 Å². The third kappa shape index (κ3) is 7.20. The van der Waals surface area contributed by atoms with E-state index in [0.717, 1.165) is 29.9 Å². The van der Waals surface area contributed by atoms with Crippen molar-refractivity contribution in [1.82, 2.24) is 5.32 Å². The maximum atomic E-state index is 5.83. The predicted octanol–water partition coefficient (Wildman–Crippen LogP) is 4.87. The van der Waals surface area contributed by atoms with Crippen LogP contribution in [0.5, 0.6) is 5.75 Å². The lowest BCUT2D eigenvalue weighted by molar-refractivity contribution is 0.314. The molecule has 0 radical (unpaired) electrons. The maximum absolute atomic E-state index is 5.83. The highest BCUT2D eigenvalue weighted by Crippen LogP contribution is 2.24. The summed E-state index contributed by atoms with van der Waals surface area (Å²) in [6.45, 7) is 3.51. The Kier molecular flexibility index (Phi) is 9.18. The summed E-state index contributed by atoms with van der Waals surface area (Å²) >= 11 is 3.50. The predicted molar refractivity (Wildman–Crippen MR) is 107 cm³/mol. The van der Waals surface area contributed by atoms with E-state index in [1.54, 1.807) is 0 Å². The molecule has 0 unspecified atom stereocenters. The van der Waals surface area contributed by atoms with Gasteiger partial charge in [0.25, 0.3) is 0 Å². The maximum Gasteiger partial charge on any atom is 0.120 e. The number of hydrogen-bond acceptors (Lipinski definition) is 3. The van der Waals surface area contributed by atoms with Crippen LogP contribution in [-0.4, -0.2) is 26.2 Å². The number of unbranched alkanes of at least 4 members (excludes halogenated alkanes) is 5. The summed E-state index contributed by atoms with van der Waals surface area (Å²) in [6.07, 6.45) is 7.64. The Hall–Kier alpha value is -1.10. The fraction of sp³-hybridized carbons (Fsp3) is 0.500. The topological polar surface area (TPSA) is 47.3 Å². The Bertz CT molecular complexity index is 603. The summed E-state index contributed by atoms with van der Waals surface area (Å²) in [5.74, 6) is 0.937. The lowest BCUT2D eigenvalue weighted by Crippen LogP contribution is -2.22. The van der Waals surface area contributed by atoms with Gasteiger partial charge in [0.05, 0.1) is 0 Å². The zero-order valence-corrected chi connectivity index (χ0v) is 16.0. The molecule has 0 saturated heterocycles. The number of halogens is 1. The molecule has 3 nitrogen and oxygen atoms in total. The summed E-state index contributed by atoms with van der Waals surface area (Å²) in [6, 6.07) is 12.5. The van der Waals surface area contributed by atoms with Gasteiger partial charge in [-0.1, -0.05) is 53.7 Å². The van der Waals surface area contributed by atoms with Crippen molar-refractivity contribution >= 4 is 26.7 Å². The van der Waals surface area contributed by atoms with Crippen molar-refractivity contribution in [3.63, 3.8) is 0 Å². The van der Waals surface area contributed by atoms with E-state index in [-0.39, 0.29) is 0 Å². The molecule has 2 rings (SSSR count). The summed E-state index contributed by atoms with van der Waals surface area (Å²) < 4.78 is 6.93. The second-order valence-electron chi connectivity index (χ2n) is 6.16. The minimum Gasteiger partial charge on any atom is -0.492 e. The van der Waals surface area contributed by atoms with Crippen molar-refractivity contribution in [2.45, 2.75) is 38.5 Å². The fourth-order valence-corrected chi connectivity index (χ4v) is 3.13. The number of rotatable bonds is 12. The lowest BCUT2D eigenvalue weighted by atomic mass is 10.1. The average molecular weight is 393 g/mol. The highest BCUT2D eigenvalue weighted by molar-refractivity contribution is 9.10. The molecule has 0 aliphatic heterocycles. The second kappa shape index (κ2) is 11.5. The van der Waals surface area contributed by atoms with Crippen LogP contribution in [0.1, 0.15) is 38.5 Å². The van der Waals surface area contributed by atoms with Crippen LogP contribution in [0.25, 0.3) is 10.8 Å². The molecule has 0 spiro atoms. The van der Waals surface area contributed by atoms with Gasteiger partial charge in [0.1, 0.15) is 12.4 Å². The zero-order valence-electron chi connectivity index (χ0n) is 14.4. The van der Waals surface area contributed by atoms with E-state index in [1.165, 1.54) is 49.3 Å². The molecule has 0 saturated carbocycles. The molecule has 0 aromatic heterocycles. The normalized spacial score (nSPS) is 11.1. The van der Waals surface area contributed by atoms with E-state index < -0.39 is 0 Å². The second-order valence-corrected chi connectivity index (χ2v) is 7.08. The first-order valence-electron chi connectivity index (χ1n) is 9.02. The number of benzene rings is 2. The van der Waals surface area contributed by atoms with Gasteiger partial charge in [-0.2, -0.15) is 0 Å². The fourth-order valence-electron chi connectivity index (χ4n) is 2.75. The van der Waals surface area contributed by atoms with Gasteiger partial charge < -0.3 is 15.8 Å². The van der Waals surface area contributed by atoms with Gasteiger partial charge in [0.15, 0.2) is 0 Å². The van der Waals surface area contributed by atoms with Gasteiger partial charge in [0, 0.05) is 11.0 Å². The van der Waals surface area contributed by atoms with Crippen molar-refractivity contribution in [2.75, 3.05) is 26.2 Å². The van der Waals surface area contributed by atoms with Crippen molar-refractivity contribution in [2.24, 2.45) is 5.73 Å². The van der Waals surface area contributed by atoms with E-state index in [1.807, 2.05) is 6.07 Å². The molecule has 0 atom stereocenters. The van der Waals surface area contributed by atoms with E-state index in [2.05, 4.69) is 51.6 Å². The molecular formula is C20H29BrN2O. The number of nitrogens with two attached hydrogens (primary N) is 1. The summed E-state index contributed by atoms with van der Waals surface area (Å²) in [7, 11) is 0. The third-order valence-corrected chi connectivity index (χ3v) is 4.62. The van der Waals surface area contributed by atoms with Crippen LogP contribution in [0.2, 0.25) is 0 Å². The van der Waals surface area contributed by atoms with E-state index in [0.29, 0.717) is 6.61 Å². The first-order chi connectivity index (χ1) is 11.8. The van der Waals surface area contributed by atoms with Crippen LogP contribution >= 0.6 is 15.9 Å². The summed E-state index contributed by atoms with van der Waals surface area (Å²) in [4.78, 5) is 0. The van der Waals surface area contributed by atoms with Crippen LogP contribution in [0.4, 0.5) is 0 Å². The zero-order chi connectivity index (χ0) is 17.0. The minimum absolute atomic E-state index is 0.707. The van der Waals surface area contributed by atoms with Crippen molar-refractivity contribution in [3.05, 3.63) is 40.9 Å². The molecule has 0 amide bonds. The van der Waals surface area contributed by atoms with Crippen molar-refractivity contribution < 1.29 is 4.74 Å². The molecule has 4 heteroatoms. The van der Waals surface area contributed by atoms with Crippen molar-refractivity contribution in [3.8, 4) is 5.75 Å². The van der Waals surface area contributed by atoms with Crippen LogP contribution in [-0.2, 0) is 0 Å². The highest BCUT2D eigenvalue weighted by atomic mass is 79.9. The van der Waals surface area contributed by atoms with Gasteiger partial charge in [-0.25, -0.2) is 0 Å². The molecule has 0 bridgehead atoms. The molecular weight excluding hydrogens is 364 g/mol. The molecule has 2 aromatic carbocycles.